The average molecular weight is 230 g/mol. The van der Waals surface area contributed by atoms with E-state index in [4.69, 9.17) is 0 Å². The number of hydrogen-bond acceptors (Lipinski definition) is 2. The first-order chi connectivity index (χ1) is 8.25. The van der Waals surface area contributed by atoms with E-state index in [9.17, 15) is 9.18 Å². The normalized spacial score (nSPS) is 14.8. The topological polar surface area (TPSA) is 34.9 Å². The van der Waals surface area contributed by atoms with Gasteiger partial charge in [0.15, 0.2) is 5.78 Å². The van der Waals surface area contributed by atoms with E-state index in [1.807, 2.05) is 0 Å². The Hall–Kier alpha value is -1.97. The number of rotatable bonds is 1. The summed E-state index contributed by atoms with van der Waals surface area (Å²) in [5.41, 5.74) is 2.24. The van der Waals surface area contributed by atoms with Gasteiger partial charge in [-0.3, -0.25) is 4.79 Å². The van der Waals surface area contributed by atoms with Crippen LogP contribution in [0.15, 0.2) is 30.5 Å². The van der Waals surface area contributed by atoms with Crippen LogP contribution in [0.3, 0.4) is 0 Å². The first-order valence-electron chi connectivity index (χ1n) is 5.62. The minimum atomic E-state index is -0.297. The van der Waals surface area contributed by atoms with E-state index in [-0.39, 0.29) is 11.6 Å². The lowest BCUT2D eigenvalue weighted by Gasteiger charge is -2.13. The maximum atomic E-state index is 13.2. The molecule has 0 saturated carbocycles. The molecule has 0 unspecified atom stereocenters. The van der Waals surface area contributed by atoms with Gasteiger partial charge in [-0.15, -0.1) is 0 Å². The van der Waals surface area contributed by atoms with E-state index >= 15 is 0 Å². The largest absolute Gasteiger partial charge is 0.294 e. The highest BCUT2D eigenvalue weighted by Crippen LogP contribution is 2.23. The predicted molar refractivity (Wildman–Crippen MR) is 60.8 cm³/mol. The SMILES string of the molecule is O=C1CCCc2c1cnn2-c1cccc(F)c1. The van der Waals surface area contributed by atoms with E-state index in [2.05, 4.69) is 5.10 Å². The zero-order valence-corrected chi connectivity index (χ0v) is 9.19. The number of carbonyl (C=O) groups is 1. The second-order valence-corrected chi connectivity index (χ2v) is 4.17. The van der Waals surface area contributed by atoms with Crippen LogP contribution >= 0.6 is 0 Å². The van der Waals surface area contributed by atoms with Crippen LogP contribution in [0.1, 0.15) is 28.9 Å². The Morgan fingerprint density at radius 2 is 2.18 bits per heavy atom. The fraction of sp³-hybridized carbons (Fsp3) is 0.231. The molecule has 0 atom stereocenters. The molecule has 0 bridgehead atoms. The number of aromatic nitrogens is 2. The molecule has 4 heteroatoms. The average Bonchev–Trinajstić information content (AvgIpc) is 2.74. The number of benzene rings is 1. The summed E-state index contributed by atoms with van der Waals surface area (Å²) in [4.78, 5) is 11.7. The summed E-state index contributed by atoms with van der Waals surface area (Å²) in [6.45, 7) is 0. The van der Waals surface area contributed by atoms with E-state index in [0.717, 1.165) is 18.5 Å². The Balaban J connectivity index is 2.13. The summed E-state index contributed by atoms with van der Waals surface area (Å²) in [6.07, 6.45) is 3.83. The van der Waals surface area contributed by atoms with Gasteiger partial charge in [-0.05, 0) is 31.0 Å². The van der Waals surface area contributed by atoms with Crippen LogP contribution in [-0.4, -0.2) is 15.6 Å². The highest BCUT2D eigenvalue weighted by atomic mass is 19.1. The van der Waals surface area contributed by atoms with Crippen molar-refractivity contribution in [3.05, 3.63) is 47.5 Å². The van der Waals surface area contributed by atoms with Crippen molar-refractivity contribution in [3.63, 3.8) is 0 Å². The van der Waals surface area contributed by atoms with E-state index in [0.29, 0.717) is 17.7 Å². The molecular formula is C13H11FN2O. The zero-order valence-electron chi connectivity index (χ0n) is 9.19. The molecular weight excluding hydrogens is 219 g/mol. The number of hydrogen-bond donors (Lipinski definition) is 0. The maximum Gasteiger partial charge on any atom is 0.166 e. The Morgan fingerprint density at radius 1 is 1.29 bits per heavy atom. The quantitative estimate of drug-likeness (QED) is 0.754. The molecule has 1 aromatic carbocycles. The molecule has 0 amide bonds. The molecule has 1 aromatic heterocycles. The van der Waals surface area contributed by atoms with Crippen LogP contribution in [0, 0.1) is 5.82 Å². The number of carbonyl (C=O) groups excluding carboxylic acids is 1. The van der Waals surface area contributed by atoms with Crippen molar-refractivity contribution >= 4 is 5.78 Å². The van der Waals surface area contributed by atoms with Gasteiger partial charge in [-0.1, -0.05) is 6.07 Å². The summed E-state index contributed by atoms with van der Waals surface area (Å²) in [5, 5.41) is 4.19. The minimum Gasteiger partial charge on any atom is -0.294 e. The van der Waals surface area contributed by atoms with E-state index in [1.165, 1.54) is 12.1 Å². The Kier molecular flexibility index (Phi) is 2.28. The van der Waals surface area contributed by atoms with Gasteiger partial charge in [0.1, 0.15) is 5.82 Å². The van der Waals surface area contributed by atoms with Crippen molar-refractivity contribution in [2.24, 2.45) is 0 Å². The van der Waals surface area contributed by atoms with Gasteiger partial charge in [-0.25, -0.2) is 9.07 Å². The monoisotopic (exact) mass is 230 g/mol. The van der Waals surface area contributed by atoms with E-state index < -0.39 is 0 Å². The summed E-state index contributed by atoms with van der Waals surface area (Å²) in [5.74, 6) is -0.164. The summed E-state index contributed by atoms with van der Waals surface area (Å²) >= 11 is 0. The smallest absolute Gasteiger partial charge is 0.166 e. The van der Waals surface area contributed by atoms with Gasteiger partial charge in [0.2, 0.25) is 0 Å². The molecule has 0 fully saturated rings. The third kappa shape index (κ3) is 1.65. The van der Waals surface area contributed by atoms with Crippen LogP contribution in [-0.2, 0) is 6.42 Å². The van der Waals surface area contributed by atoms with Gasteiger partial charge in [0.05, 0.1) is 23.1 Å². The molecule has 0 N–H and O–H groups in total. The molecule has 3 nitrogen and oxygen atoms in total. The molecule has 1 aliphatic carbocycles. The standard InChI is InChI=1S/C13H11FN2O/c14-9-3-1-4-10(7-9)16-12-5-2-6-13(17)11(12)8-15-16/h1,3-4,7-8H,2,5-6H2. The van der Waals surface area contributed by atoms with Crippen molar-refractivity contribution in [1.29, 1.82) is 0 Å². The lowest BCUT2D eigenvalue weighted by Crippen LogP contribution is -2.12. The molecule has 17 heavy (non-hydrogen) atoms. The zero-order chi connectivity index (χ0) is 11.8. The van der Waals surface area contributed by atoms with E-state index in [1.54, 1.807) is 23.0 Å². The number of fused-ring (bicyclic) bond motifs is 1. The van der Waals surface area contributed by atoms with Gasteiger partial charge < -0.3 is 0 Å². The molecule has 3 rings (SSSR count). The van der Waals surface area contributed by atoms with Crippen LogP contribution < -0.4 is 0 Å². The summed E-state index contributed by atoms with van der Waals surface area (Å²) in [7, 11) is 0. The van der Waals surface area contributed by atoms with Crippen LogP contribution in [0.2, 0.25) is 0 Å². The molecule has 1 heterocycles. The lowest BCUT2D eigenvalue weighted by atomic mass is 9.97. The van der Waals surface area contributed by atoms with Gasteiger partial charge >= 0.3 is 0 Å². The number of halogens is 1. The van der Waals surface area contributed by atoms with Crippen LogP contribution in [0.4, 0.5) is 4.39 Å². The fourth-order valence-electron chi connectivity index (χ4n) is 2.23. The molecule has 2 aromatic rings. The number of nitrogens with zero attached hydrogens (tertiary/aromatic N) is 2. The first-order valence-corrected chi connectivity index (χ1v) is 5.62. The third-order valence-corrected chi connectivity index (χ3v) is 3.04. The predicted octanol–water partition coefficient (Wildman–Crippen LogP) is 2.53. The minimum absolute atomic E-state index is 0.133. The van der Waals surface area contributed by atoms with Crippen molar-refractivity contribution in [3.8, 4) is 5.69 Å². The summed E-state index contributed by atoms with van der Waals surface area (Å²) < 4.78 is 14.8. The summed E-state index contributed by atoms with van der Waals surface area (Å²) in [6, 6.07) is 6.25. The molecule has 0 aliphatic heterocycles. The Morgan fingerprint density at radius 3 is 3.00 bits per heavy atom. The van der Waals surface area contributed by atoms with Gasteiger partial charge in [0, 0.05) is 6.42 Å². The Labute approximate surface area is 97.9 Å². The van der Waals surface area contributed by atoms with Crippen molar-refractivity contribution < 1.29 is 9.18 Å². The van der Waals surface area contributed by atoms with Gasteiger partial charge in [-0.2, -0.15) is 5.10 Å². The highest BCUT2D eigenvalue weighted by molar-refractivity contribution is 5.97. The molecule has 1 aliphatic rings. The highest BCUT2D eigenvalue weighted by Gasteiger charge is 2.22. The van der Waals surface area contributed by atoms with Crippen LogP contribution in [0.5, 0.6) is 0 Å². The number of ketones is 1. The van der Waals surface area contributed by atoms with Gasteiger partial charge in [0.25, 0.3) is 0 Å². The molecule has 0 radical (unpaired) electrons. The maximum absolute atomic E-state index is 13.2. The van der Waals surface area contributed by atoms with Crippen molar-refractivity contribution in [2.45, 2.75) is 19.3 Å². The molecule has 0 spiro atoms. The first kappa shape index (κ1) is 10.2. The fourth-order valence-corrected chi connectivity index (χ4v) is 2.23. The lowest BCUT2D eigenvalue weighted by molar-refractivity contribution is 0.0972. The second-order valence-electron chi connectivity index (χ2n) is 4.17. The second kappa shape index (κ2) is 3.80. The Bertz CT molecular complexity index is 589. The molecule has 86 valence electrons. The molecule has 0 saturated heterocycles. The third-order valence-electron chi connectivity index (χ3n) is 3.04. The number of Topliss-reactive ketones (excluding diaryl/α,β-unsaturated/α-hetero) is 1. The van der Waals surface area contributed by atoms with Crippen molar-refractivity contribution in [1.82, 2.24) is 9.78 Å². The van der Waals surface area contributed by atoms with Crippen LogP contribution in [0.25, 0.3) is 5.69 Å². The van der Waals surface area contributed by atoms with Crippen molar-refractivity contribution in [2.75, 3.05) is 0 Å².